The minimum absolute atomic E-state index is 0.133. The summed E-state index contributed by atoms with van der Waals surface area (Å²) >= 11 is 0. The van der Waals surface area contributed by atoms with Crippen LogP contribution in [0.4, 0.5) is 0 Å². The molecule has 0 saturated heterocycles. The van der Waals surface area contributed by atoms with Crippen LogP contribution in [0, 0.1) is 0 Å². The highest BCUT2D eigenvalue weighted by Gasteiger charge is 2.29. The first kappa shape index (κ1) is 24.3. The van der Waals surface area contributed by atoms with Crippen LogP contribution < -0.4 is 11.2 Å². The van der Waals surface area contributed by atoms with E-state index >= 15 is 0 Å². The molecule has 1 aromatic heterocycles. The van der Waals surface area contributed by atoms with Crippen molar-refractivity contribution in [2.45, 2.75) is 47.0 Å². The first-order valence-electron chi connectivity index (χ1n) is 9.22. The average Bonchev–Trinajstić information content (AvgIpc) is 2.62. The van der Waals surface area contributed by atoms with Crippen LogP contribution in [0.5, 0.6) is 0 Å². The smallest absolute Gasteiger partial charge is 0.353 e. The SMILES string of the molecule is CCOC(C)OCCC(=C=CCn1ccc(=O)[nH]c1=O)P(=O)(OCC)OCC. The van der Waals surface area contributed by atoms with E-state index in [0.717, 1.165) is 0 Å². The van der Waals surface area contributed by atoms with Gasteiger partial charge in [0.05, 0.1) is 31.7 Å². The largest absolute Gasteiger partial charge is 0.365 e. The van der Waals surface area contributed by atoms with Gasteiger partial charge in [-0.05, 0) is 33.8 Å². The van der Waals surface area contributed by atoms with Crippen LogP contribution in [0.2, 0.25) is 0 Å². The minimum Gasteiger partial charge on any atom is -0.353 e. The first-order valence-corrected chi connectivity index (χ1v) is 10.8. The normalized spacial score (nSPS) is 12.4. The Labute approximate surface area is 164 Å². The molecule has 1 unspecified atom stereocenters. The predicted molar refractivity (Wildman–Crippen MR) is 105 cm³/mol. The Morgan fingerprint density at radius 1 is 1.21 bits per heavy atom. The molecule has 1 rings (SSSR count). The van der Waals surface area contributed by atoms with Crippen LogP contribution in [-0.4, -0.2) is 42.3 Å². The zero-order valence-corrected chi connectivity index (χ0v) is 17.7. The molecular weight excluding hydrogens is 387 g/mol. The molecule has 1 aromatic rings. The van der Waals surface area contributed by atoms with E-state index in [9.17, 15) is 14.2 Å². The van der Waals surface area contributed by atoms with E-state index in [1.807, 2.05) is 6.92 Å². The molecule has 0 saturated carbocycles. The maximum absolute atomic E-state index is 13.1. The quantitative estimate of drug-likeness (QED) is 0.299. The number of ether oxygens (including phenoxy) is 2. The molecule has 9 nitrogen and oxygen atoms in total. The standard InChI is InChI=1S/C18H29N2O7P/c1-5-24-15(4)25-14-11-16(28(23,26-6-2)27-7-3)9-8-12-20-13-10-17(21)19-18(20)22/h8,10,13,15H,5-7,11-12,14H2,1-4H3,(H,19,21,22). The Morgan fingerprint density at radius 3 is 2.46 bits per heavy atom. The van der Waals surface area contributed by atoms with Gasteiger partial charge in [-0.15, -0.1) is 5.73 Å². The summed E-state index contributed by atoms with van der Waals surface area (Å²) < 4.78 is 36.0. The van der Waals surface area contributed by atoms with E-state index in [2.05, 4.69) is 10.7 Å². The van der Waals surface area contributed by atoms with Crippen molar-refractivity contribution in [3.05, 3.63) is 50.2 Å². The fourth-order valence-corrected chi connectivity index (χ4v) is 3.96. The fourth-order valence-electron chi connectivity index (χ4n) is 2.28. The Morgan fingerprint density at radius 2 is 1.89 bits per heavy atom. The Bertz CT molecular complexity index is 814. The second-order valence-corrected chi connectivity index (χ2v) is 7.59. The van der Waals surface area contributed by atoms with Crippen LogP contribution in [0.25, 0.3) is 0 Å². The molecule has 0 radical (unpaired) electrons. The second-order valence-electron chi connectivity index (χ2n) is 5.53. The van der Waals surface area contributed by atoms with Gasteiger partial charge in [-0.3, -0.25) is 18.9 Å². The average molecular weight is 416 g/mol. The summed E-state index contributed by atoms with van der Waals surface area (Å²) in [5, 5.41) is 0.317. The van der Waals surface area contributed by atoms with Gasteiger partial charge >= 0.3 is 13.3 Å². The third kappa shape index (κ3) is 8.10. The summed E-state index contributed by atoms with van der Waals surface area (Å²) in [6, 6.07) is 1.24. The number of hydrogen-bond acceptors (Lipinski definition) is 7. The minimum atomic E-state index is -3.54. The lowest BCUT2D eigenvalue weighted by Crippen LogP contribution is -2.28. The second kappa shape index (κ2) is 12.7. The summed E-state index contributed by atoms with van der Waals surface area (Å²) in [6.45, 7) is 8.39. The fraction of sp³-hybridized carbons (Fsp3) is 0.611. The van der Waals surface area contributed by atoms with Crippen molar-refractivity contribution in [2.24, 2.45) is 0 Å². The molecule has 158 valence electrons. The van der Waals surface area contributed by atoms with E-state index in [1.54, 1.807) is 20.8 Å². The van der Waals surface area contributed by atoms with Gasteiger partial charge < -0.3 is 18.5 Å². The summed E-state index contributed by atoms with van der Waals surface area (Å²) in [7, 11) is -3.54. The van der Waals surface area contributed by atoms with Crippen molar-refractivity contribution in [2.75, 3.05) is 26.4 Å². The summed E-state index contributed by atoms with van der Waals surface area (Å²) in [5.41, 5.74) is 1.92. The third-order valence-corrected chi connectivity index (χ3v) is 5.69. The highest BCUT2D eigenvalue weighted by atomic mass is 31.2. The van der Waals surface area contributed by atoms with Gasteiger partial charge in [-0.1, -0.05) is 0 Å². The molecule has 0 spiro atoms. The van der Waals surface area contributed by atoms with Gasteiger partial charge in [0.2, 0.25) is 0 Å². The molecule has 0 aromatic carbocycles. The van der Waals surface area contributed by atoms with Crippen molar-refractivity contribution in [3.63, 3.8) is 0 Å². The van der Waals surface area contributed by atoms with Crippen molar-refractivity contribution >= 4 is 7.60 Å². The molecule has 1 atom stereocenters. The number of aromatic amines is 1. The lowest BCUT2D eigenvalue weighted by Gasteiger charge is -2.19. The van der Waals surface area contributed by atoms with E-state index in [1.165, 1.54) is 22.9 Å². The Hall–Kier alpha value is -1.73. The van der Waals surface area contributed by atoms with Crippen molar-refractivity contribution in [3.8, 4) is 0 Å². The van der Waals surface area contributed by atoms with Crippen molar-refractivity contribution < 1.29 is 23.1 Å². The van der Waals surface area contributed by atoms with E-state index < -0.39 is 25.1 Å². The van der Waals surface area contributed by atoms with Crippen LogP contribution in [0.15, 0.2) is 39.0 Å². The Balaban J connectivity index is 3.05. The number of H-pyrrole nitrogens is 1. The molecule has 0 aliphatic carbocycles. The summed E-state index contributed by atoms with van der Waals surface area (Å²) in [6.07, 6.45) is 2.77. The molecule has 28 heavy (non-hydrogen) atoms. The molecule has 0 aliphatic rings. The Kier molecular flexibility index (Phi) is 11.0. The number of aromatic nitrogens is 2. The number of rotatable bonds is 13. The topological polar surface area (TPSA) is 109 Å². The molecule has 1 N–H and O–H groups in total. The zero-order chi connectivity index (χ0) is 21.0. The van der Waals surface area contributed by atoms with Gasteiger partial charge in [0.25, 0.3) is 5.56 Å². The van der Waals surface area contributed by atoms with Gasteiger partial charge in [-0.25, -0.2) is 4.79 Å². The monoisotopic (exact) mass is 416 g/mol. The van der Waals surface area contributed by atoms with E-state index in [0.29, 0.717) is 11.9 Å². The van der Waals surface area contributed by atoms with Gasteiger partial charge in [0.1, 0.15) is 0 Å². The lowest BCUT2D eigenvalue weighted by atomic mass is 10.4. The predicted octanol–water partition coefficient (Wildman–Crippen LogP) is 2.63. The third-order valence-electron chi connectivity index (χ3n) is 3.48. The maximum atomic E-state index is 13.1. The van der Waals surface area contributed by atoms with Gasteiger partial charge in [-0.2, -0.15) is 0 Å². The van der Waals surface area contributed by atoms with Crippen molar-refractivity contribution in [1.29, 1.82) is 0 Å². The molecule has 0 aliphatic heterocycles. The van der Waals surface area contributed by atoms with Crippen LogP contribution >= 0.6 is 7.60 Å². The summed E-state index contributed by atoms with van der Waals surface area (Å²) in [5.74, 6) is 0. The van der Waals surface area contributed by atoms with Crippen LogP contribution in [-0.2, 0) is 29.6 Å². The number of hydrogen-bond donors (Lipinski definition) is 1. The molecular formula is C18H29N2O7P. The van der Waals surface area contributed by atoms with E-state index in [4.69, 9.17) is 18.5 Å². The highest BCUT2D eigenvalue weighted by Crippen LogP contribution is 2.56. The molecule has 1 heterocycles. The van der Waals surface area contributed by atoms with Gasteiger partial charge in [0, 0.05) is 25.3 Å². The molecule has 0 bridgehead atoms. The summed E-state index contributed by atoms with van der Waals surface area (Å²) in [4.78, 5) is 25.0. The first-order chi connectivity index (χ1) is 13.4. The molecule has 10 heteroatoms. The van der Waals surface area contributed by atoms with Gasteiger partial charge in [0.15, 0.2) is 6.29 Å². The van der Waals surface area contributed by atoms with E-state index in [-0.39, 0.29) is 32.8 Å². The van der Waals surface area contributed by atoms with Crippen LogP contribution in [0.1, 0.15) is 34.1 Å². The number of nitrogens with one attached hydrogen (secondary N) is 1. The zero-order valence-electron chi connectivity index (χ0n) is 16.8. The van der Waals surface area contributed by atoms with Crippen molar-refractivity contribution in [1.82, 2.24) is 9.55 Å². The number of nitrogens with zero attached hydrogens (tertiary/aromatic N) is 1. The lowest BCUT2D eigenvalue weighted by molar-refractivity contribution is -0.126. The maximum Gasteiger partial charge on any atom is 0.365 e. The molecule has 0 amide bonds. The van der Waals surface area contributed by atoms with Crippen LogP contribution in [0.3, 0.4) is 0 Å². The molecule has 0 fully saturated rings. The highest BCUT2D eigenvalue weighted by molar-refractivity contribution is 7.58.